The molecule has 0 fully saturated rings. The van der Waals surface area contributed by atoms with E-state index in [1.54, 1.807) is 0 Å². The van der Waals surface area contributed by atoms with Crippen LogP contribution in [0.5, 0.6) is 5.75 Å². The number of halogens is 1. The fraction of sp³-hybridized carbons (Fsp3) is 0.294. The number of ether oxygens (including phenoxy) is 1. The molecule has 0 aliphatic carbocycles. The van der Waals surface area contributed by atoms with Crippen LogP contribution in [0.1, 0.15) is 35.3 Å². The van der Waals surface area contributed by atoms with Gasteiger partial charge in [0.25, 0.3) is 0 Å². The van der Waals surface area contributed by atoms with E-state index in [0.29, 0.717) is 6.61 Å². The lowest BCUT2D eigenvalue weighted by Crippen LogP contribution is -2.06. The second kappa shape index (κ2) is 6.42. The number of hydrogen-bond donors (Lipinski definition) is 1. The molecule has 2 rings (SSSR count). The Morgan fingerprint density at radius 1 is 1.10 bits per heavy atom. The summed E-state index contributed by atoms with van der Waals surface area (Å²) < 4.78 is 6.66. The molecule has 106 valence electrons. The van der Waals surface area contributed by atoms with Crippen LogP contribution < -0.4 is 4.74 Å². The molecule has 2 aromatic carbocycles. The van der Waals surface area contributed by atoms with Gasteiger partial charge < -0.3 is 9.84 Å². The van der Waals surface area contributed by atoms with Crippen molar-refractivity contribution < 1.29 is 9.84 Å². The molecule has 0 saturated carbocycles. The molecule has 0 spiro atoms. The summed E-state index contributed by atoms with van der Waals surface area (Å²) in [5.74, 6) is 0.738. The summed E-state index contributed by atoms with van der Waals surface area (Å²) >= 11 is 3.52. The number of aliphatic hydroxyl groups is 1. The summed E-state index contributed by atoms with van der Waals surface area (Å²) in [5, 5.41) is 10.7. The van der Waals surface area contributed by atoms with Crippen molar-refractivity contribution in [3.05, 3.63) is 63.1 Å². The average Bonchev–Trinajstić information content (AvgIpc) is 2.43. The first-order chi connectivity index (χ1) is 9.54. The van der Waals surface area contributed by atoms with Crippen LogP contribution in [0.3, 0.4) is 0 Å². The molecular weight excluding hydrogens is 316 g/mol. The average molecular weight is 335 g/mol. The van der Waals surface area contributed by atoms with Gasteiger partial charge in [-0.05, 0) is 49.6 Å². The van der Waals surface area contributed by atoms with E-state index in [-0.39, 0.29) is 0 Å². The van der Waals surface area contributed by atoms with E-state index in [1.165, 1.54) is 0 Å². The lowest BCUT2D eigenvalue weighted by molar-refractivity contribution is 0.211. The Bertz CT molecular complexity index is 608. The highest BCUT2D eigenvalue weighted by Gasteiger charge is 2.18. The van der Waals surface area contributed by atoms with E-state index in [2.05, 4.69) is 15.9 Å². The van der Waals surface area contributed by atoms with Gasteiger partial charge in [0, 0.05) is 10.0 Å². The van der Waals surface area contributed by atoms with Crippen LogP contribution in [0.25, 0.3) is 0 Å². The third kappa shape index (κ3) is 3.05. The predicted molar refractivity (Wildman–Crippen MR) is 85.3 cm³/mol. The van der Waals surface area contributed by atoms with E-state index in [4.69, 9.17) is 4.74 Å². The Morgan fingerprint density at radius 2 is 1.80 bits per heavy atom. The van der Waals surface area contributed by atoms with E-state index in [0.717, 1.165) is 32.5 Å². The maximum absolute atomic E-state index is 10.7. The Hall–Kier alpha value is -1.32. The maximum atomic E-state index is 10.7. The minimum atomic E-state index is -0.676. The number of aryl methyl sites for hydroxylation is 2. The molecule has 0 aliphatic rings. The summed E-state index contributed by atoms with van der Waals surface area (Å²) in [6.07, 6.45) is -0.676. The smallest absolute Gasteiger partial charge is 0.125 e. The normalized spacial score (nSPS) is 12.2. The topological polar surface area (TPSA) is 29.5 Å². The van der Waals surface area contributed by atoms with Crippen LogP contribution in [-0.2, 0) is 0 Å². The molecular formula is C17H19BrO2. The zero-order valence-corrected chi connectivity index (χ0v) is 13.6. The largest absolute Gasteiger partial charge is 0.493 e. The van der Waals surface area contributed by atoms with Gasteiger partial charge in [-0.25, -0.2) is 0 Å². The minimum absolute atomic E-state index is 0.585. The van der Waals surface area contributed by atoms with Crippen LogP contribution >= 0.6 is 15.9 Å². The summed E-state index contributed by atoms with van der Waals surface area (Å²) in [4.78, 5) is 0. The first-order valence-corrected chi connectivity index (χ1v) is 7.50. The number of aliphatic hydroxyl groups excluding tert-OH is 1. The first kappa shape index (κ1) is 15.1. The summed E-state index contributed by atoms with van der Waals surface area (Å²) in [7, 11) is 0. The molecule has 0 aliphatic heterocycles. The predicted octanol–water partition coefficient (Wildman–Crippen LogP) is 4.55. The summed E-state index contributed by atoms with van der Waals surface area (Å²) in [5.41, 5.74) is 3.89. The van der Waals surface area contributed by atoms with Crippen molar-refractivity contribution in [1.29, 1.82) is 0 Å². The highest BCUT2D eigenvalue weighted by atomic mass is 79.9. The van der Waals surface area contributed by atoms with E-state index >= 15 is 0 Å². The molecule has 2 aromatic rings. The molecule has 0 bridgehead atoms. The zero-order valence-electron chi connectivity index (χ0n) is 12.0. The second-order valence-electron chi connectivity index (χ2n) is 4.83. The van der Waals surface area contributed by atoms with Gasteiger partial charge in [-0.15, -0.1) is 0 Å². The second-order valence-corrected chi connectivity index (χ2v) is 5.69. The highest BCUT2D eigenvalue weighted by molar-refractivity contribution is 9.10. The van der Waals surface area contributed by atoms with Crippen molar-refractivity contribution in [2.45, 2.75) is 26.9 Å². The molecule has 0 amide bonds. The number of benzene rings is 2. The molecule has 1 unspecified atom stereocenters. The molecule has 0 aromatic heterocycles. The van der Waals surface area contributed by atoms with E-state index in [9.17, 15) is 5.11 Å². The monoisotopic (exact) mass is 334 g/mol. The van der Waals surface area contributed by atoms with E-state index < -0.39 is 6.10 Å². The first-order valence-electron chi connectivity index (χ1n) is 6.71. The number of para-hydroxylation sites is 1. The van der Waals surface area contributed by atoms with E-state index in [1.807, 2.05) is 57.2 Å². The molecule has 0 heterocycles. The third-order valence-corrected chi connectivity index (χ3v) is 4.21. The van der Waals surface area contributed by atoms with Gasteiger partial charge in [-0.2, -0.15) is 0 Å². The van der Waals surface area contributed by atoms with Crippen molar-refractivity contribution in [1.82, 2.24) is 0 Å². The molecule has 1 N–H and O–H groups in total. The Morgan fingerprint density at radius 3 is 2.50 bits per heavy atom. The van der Waals surface area contributed by atoms with Gasteiger partial charge in [0.05, 0.1) is 6.61 Å². The zero-order chi connectivity index (χ0) is 14.7. The fourth-order valence-electron chi connectivity index (χ4n) is 2.26. The van der Waals surface area contributed by atoms with Gasteiger partial charge in [0.1, 0.15) is 11.9 Å². The number of hydrogen-bond acceptors (Lipinski definition) is 2. The molecule has 1 atom stereocenters. The van der Waals surface area contributed by atoms with Crippen LogP contribution in [0.4, 0.5) is 0 Å². The Kier molecular flexibility index (Phi) is 4.84. The van der Waals surface area contributed by atoms with Crippen molar-refractivity contribution in [3.8, 4) is 5.75 Å². The van der Waals surface area contributed by atoms with Gasteiger partial charge in [-0.3, -0.25) is 0 Å². The summed E-state index contributed by atoms with van der Waals surface area (Å²) in [6.45, 7) is 6.56. The molecule has 0 saturated heterocycles. The molecule has 2 nitrogen and oxygen atoms in total. The lowest BCUT2D eigenvalue weighted by atomic mass is 9.95. The SMILES string of the molecule is CCOc1ccccc1C(O)c1cc(C)c(Br)cc1C. The minimum Gasteiger partial charge on any atom is -0.493 e. The molecule has 20 heavy (non-hydrogen) atoms. The van der Waals surface area contributed by atoms with Crippen molar-refractivity contribution in [2.24, 2.45) is 0 Å². The van der Waals surface area contributed by atoms with Crippen LogP contribution in [0, 0.1) is 13.8 Å². The summed E-state index contributed by atoms with van der Waals surface area (Å²) in [6, 6.07) is 11.7. The van der Waals surface area contributed by atoms with Gasteiger partial charge in [-0.1, -0.05) is 40.2 Å². The van der Waals surface area contributed by atoms with Crippen molar-refractivity contribution in [2.75, 3.05) is 6.61 Å². The van der Waals surface area contributed by atoms with Gasteiger partial charge in [0.15, 0.2) is 0 Å². The standard InChI is InChI=1S/C17H19BrO2/c1-4-20-16-8-6-5-7-13(16)17(19)14-9-12(3)15(18)10-11(14)2/h5-10,17,19H,4H2,1-3H3. The molecule has 0 radical (unpaired) electrons. The van der Waals surface area contributed by atoms with Gasteiger partial charge >= 0.3 is 0 Å². The third-order valence-electron chi connectivity index (χ3n) is 3.36. The van der Waals surface area contributed by atoms with Crippen LogP contribution in [-0.4, -0.2) is 11.7 Å². The fourth-order valence-corrected chi connectivity index (χ4v) is 2.72. The Labute approximate surface area is 128 Å². The van der Waals surface area contributed by atoms with Gasteiger partial charge in [0.2, 0.25) is 0 Å². The number of rotatable bonds is 4. The van der Waals surface area contributed by atoms with Crippen LogP contribution in [0.15, 0.2) is 40.9 Å². The molecule has 3 heteroatoms. The van der Waals surface area contributed by atoms with Crippen molar-refractivity contribution >= 4 is 15.9 Å². The van der Waals surface area contributed by atoms with Crippen LogP contribution in [0.2, 0.25) is 0 Å². The quantitative estimate of drug-likeness (QED) is 0.888. The lowest BCUT2D eigenvalue weighted by Gasteiger charge is -2.18. The Balaban J connectivity index is 2.46. The maximum Gasteiger partial charge on any atom is 0.125 e. The highest BCUT2D eigenvalue weighted by Crippen LogP contribution is 2.33. The van der Waals surface area contributed by atoms with Crippen molar-refractivity contribution in [3.63, 3.8) is 0 Å².